The highest BCUT2D eigenvalue weighted by Gasteiger charge is 2.88. The number of nitrogens with two attached hydrogens (primary N) is 1. The number of ether oxygens (including phenoxy) is 1. The second-order valence-corrected chi connectivity index (χ2v) is 10.1. The highest BCUT2D eigenvalue weighted by molar-refractivity contribution is 8.00. The number of anilines is 1. The molecule has 6 nitrogen and oxygen atoms in total. The fourth-order valence-corrected chi connectivity index (χ4v) is 8.00. The van der Waals surface area contributed by atoms with Crippen LogP contribution in [0.25, 0.3) is 5.70 Å². The summed E-state index contributed by atoms with van der Waals surface area (Å²) in [6.45, 7) is 4.40. The molecule has 2 aliphatic heterocycles. The first kappa shape index (κ1) is 19.0. The van der Waals surface area contributed by atoms with Gasteiger partial charge in [0.1, 0.15) is 5.01 Å². The van der Waals surface area contributed by atoms with Gasteiger partial charge in [-0.15, -0.1) is 23.1 Å². The van der Waals surface area contributed by atoms with Crippen LogP contribution in [0.2, 0.25) is 0 Å². The number of hydrogen-bond donors (Lipinski definition) is 2. The molecule has 29 heavy (non-hydrogen) atoms. The van der Waals surface area contributed by atoms with Crippen molar-refractivity contribution in [2.45, 2.75) is 41.7 Å². The van der Waals surface area contributed by atoms with Crippen LogP contribution in [-0.4, -0.2) is 46.3 Å². The molecule has 6 rings (SSSR count). The summed E-state index contributed by atoms with van der Waals surface area (Å²) in [5.74, 6) is 1.21. The van der Waals surface area contributed by atoms with E-state index in [-0.39, 0.29) is 16.9 Å². The van der Waals surface area contributed by atoms with Crippen molar-refractivity contribution in [3.8, 4) is 0 Å². The topological polar surface area (TPSA) is 80.5 Å². The van der Waals surface area contributed by atoms with Gasteiger partial charge in [0.2, 0.25) is 6.41 Å². The van der Waals surface area contributed by atoms with Crippen LogP contribution in [0.3, 0.4) is 0 Å². The molecule has 4 fully saturated rings. The smallest absolute Gasteiger partial charge is 0.211 e. The van der Waals surface area contributed by atoms with Crippen LogP contribution in [0.4, 0.5) is 5.69 Å². The second-order valence-electron chi connectivity index (χ2n) is 8.02. The molecule has 2 aromatic rings. The van der Waals surface area contributed by atoms with E-state index in [9.17, 15) is 4.79 Å². The number of thioether (sulfide) groups is 1. The number of rotatable bonds is 7. The molecule has 2 bridgehead atoms. The van der Waals surface area contributed by atoms with Gasteiger partial charge in [-0.3, -0.25) is 4.79 Å². The lowest BCUT2D eigenvalue weighted by Gasteiger charge is -2.40. The maximum atomic E-state index is 11.1. The normalized spacial score (nSPS) is 34.5. The summed E-state index contributed by atoms with van der Waals surface area (Å²) in [4.78, 5) is 18.9. The van der Waals surface area contributed by atoms with Crippen LogP contribution in [0.1, 0.15) is 17.5 Å². The Morgan fingerprint density at radius 1 is 1.48 bits per heavy atom. The van der Waals surface area contributed by atoms with E-state index in [4.69, 9.17) is 10.5 Å². The number of aryl methyl sites for hydroxylation is 1. The molecular formula is C21H24N4O2S2. The molecule has 152 valence electrons. The number of methoxy groups -OCH3 is 1. The van der Waals surface area contributed by atoms with Crippen LogP contribution >= 0.6 is 23.1 Å². The molecule has 6 atom stereocenters. The number of thiazole rings is 1. The maximum absolute atomic E-state index is 11.1. The van der Waals surface area contributed by atoms with Crippen LogP contribution in [-0.2, 0) is 9.53 Å². The SMILES string of the molecule is COC1C2C3C(C)C3(C1Sc1cc(C)ccc1NC=O)N2/C=C(\N)c1nccs1. The highest BCUT2D eigenvalue weighted by Crippen LogP contribution is 2.78. The van der Waals surface area contributed by atoms with Crippen molar-refractivity contribution in [1.82, 2.24) is 9.88 Å². The van der Waals surface area contributed by atoms with E-state index in [1.165, 1.54) is 5.56 Å². The number of hydrogen-bond acceptors (Lipinski definition) is 7. The van der Waals surface area contributed by atoms with Gasteiger partial charge < -0.3 is 20.7 Å². The van der Waals surface area contributed by atoms with Crippen molar-refractivity contribution in [2.75, 3.05) is 12.4 Å². The first-order valence-electron chi connectivity index (χ1n) is 9.70. The molecule has 8 heteroatoms. The van der Waals surface area contributed by atoms with Crippen LogP contribution < -0.4 is 11.1 Å². The molecule has 0 radical (unpaired) electrons. The van der Waals surface area contributed by atoms with Gasteiger partial charge in [0, 0.05) is 35.7 Å². The minimum atomic E-state index is 0.0556. The standard InChI is InChI=1S/C21H24N4O2S2/c1-11-4-5-14(24-10-26)15(8-11)29-19-18(27-3)17-16-12(2)21(16,19)25(17)9-13(22)20-23-6-7-28-20/h4-10,12,16-19H,22H2,1-3H3,(H,24,26)/b13-9-. The zero-order chi connectivity index (χ0) is 20.3. The molecule has 3 heterocycles. The fourth-order valence-electron chi connectivity index (χ4n) is 5.57. The van der Waals surface area contributed by atoms with Gasteiger partial charge in [-0.1, -0.05) is 13.0 Å². The summed E-state index contributed by atoms with van der Waals surface area (Å²) >= 11 is 3.37. The van der Waals surface area contributed by atoms with Crippen molar-refractivity contribution in [3.63, 3.8) is 0 Å². The van der Waals surface area contributed by atoms with Gasteiger partial charge in [-0.2, -0.15) is 0 Å². The van der Waals surface area contributed by atoms with Crippen molar-refractivity contribution in [3.05, 3.63) is 46.5 Å². The third kappa shape index (κ3) is 2.52. The number of amides is 1. The van der Waals surface area contributed by atoms with Crippen LogP contribution in [0.15, 0.2) is 40.9 Å². The van der Waals surface area contributed by atoms with E-state index < -0.39 is 0 Å². The molecule has 4 aliphatic rings. The first-order valence-corrected chi connectivity index (χ1v) is 11.5. The predicted molar refractivity (Wildman–Crippen MR) is 117 cm³/mol. The monoisotopic (exact) mass is 428 g/mol. The van der Waals surface area contributed by atoms with Crippen LogP contribution in [0.5, 0.6) is 0 Å². The van der Waals surface area contributed by atoms with E-state index in [0.717, 1.165) is 22.0 Å². The van der Waals surface area contributed by atoms with Gasteiger partial charge >= 0.3 is 0 Å². The number of fused-ring (bicyclic) bond motifs is 1. The van der Waals surface area contributed by atoms with Crippen molar-refractivity contribution in [2.24, 2.45) is 17.6 Å². The largest absolute Gasteiger partial charge is 0.395 e. The lowest BCUT2D eigenvalue weighted by atomic mass is 10.0. The zero-order valence-corrected chi connectivity index (χ0v) is 18.2. The molecule has 3 N–H and O–H groups in total. The Morgan fingerprint density at radius 2 is 2.31 bits per heavy atom. The number of carbonyl (C=O) groups excluding carboxylic acids is 1. The Kier molecular flexibility index (Phi) is 4.42. The third-order valence-electron chi connectivity index (χ3n) is 6.76. The number of nitrogens with zero attached hydrogens (tertiary/aromatic N) is 2. The van der Waals surface area contributed by atoms with Gasteiger partial charge in [0.25, 0.3) is 0 Å². The third-order valence-corrected chi connectivity index (χ3v) is 9.07. The molecule has 2 saturated carbocycles. The van der Waals surface area contributed by atoms with E-state index in [1.807, 2.05) is 29.3 Å². The van der Waals surface area contributed by atoms with E-state index in [1.54, 1.807) is 24.6 Å². The summed E-state index contributed by atoms with van der Waals surface area (Å²) < 4.78 is 5.99. The number of nitrogens with one attached hydrogen (secondary N) is 1. The number of carbonyl (C=O) groups is 1. The van der Waals surface area contributed by atoms with Gasteiger partial charge in [-0.25, -0.2) is 4.98 Å². The molecule has 6 unspecified atom stereocenters. The Morgan fingerprint density at radius 3 is 3.00 bits per heavy atom. The average molecular weight is 429 g/mol. The molecular weight excluding hydrogens is 404 g/mol. The highest BCUT2D eigenvalue weighted by atomic mass is 32.2. The van der Waals surface area contributed by atoms with Gasteiger partial charge in [0.15, 0.2) is 0 Å². The van der Waals surface area contributed by atoms with Crippen molar-refractivity contribution < 1.29 is 9.53 Å². The Balaban J connectivity index is 1.48. The van der Waals surface area contributed by atoms with E-state index in [0.29, 0.717) is 23.6 Å². The quantitative estimate of drug-likeness (QED) is 0.660. The summed E-state index contributed by atoms with van der Waals surface area (Å²) in [6.07, 6.45) is 4.71. The Hall–Kier alpha value is -2.03. The fraction of sp³-hybridized carbons (Fsp3) is 0.429. The number of benzene rings is 1. The van der Waals surface area contributed by atoms with E-state index in [2.05, 4.69) is 41.3 Å². The minimum absolute atomic E-state index is 0.0556. The van der Waals surface area contributed by atoms with Gasteiger partial charge in [0.05, 0.1) is 34.3 Å². The molecule has 1 aromatic heterocycles. The Bertz CT molecular complexity index is 979. The van der Waals surface area contributed by atoms with Crippen LogP contribution in [0, 0.1) is 18.8 Å². The van der Waals surface area contributed by atoms with Gasteiger partial charge in [-0.05, 0) is 30.5 Å². The lowest BCUT2D eigenvalue weighted by Crippen LogP contribution is -2.50. The summed E-state index contributed by atoms with van der Waals surface area (Å²) in [6, 6.07) is 6.46. The maximum Gasteiger partial charge on any atom is 0.211 e. The minimum Gasteiger partial charge on any atom is -0.395 e. The average Bonchev–Trinajstić information content (AvgIpc) is 3.15. The molecule has 1 amide bonds. The molecule has 2 saturated heterocycles. The molecule has 2 aliphatic carbocycles. The zero-order valence-electron chi connectivity index (χ0n) is 16.5. The second kappa shape index (κ2) is 6.75. The first-order chi connectivity index (χ1) is 14.0. The van der Waals surface area contributed by atoms with Crippen molar-refractivity contribution in [1.29, 1.82) is 0 Å². The summed E-state index contributed by atoms with van der Waals surface area (Å²) in [7, 11) is 1.80. The molecule has 1 spiro atoms. The summed E-state index contributed by atoms with van der Waals surface area (Å²) in [5, 5.41) is 5.91. The Labute approximate surface area is 178 Å². The van der Waals surface area contributed by atoms with E-state index >= 15 is 0 Å². The molecule has 1 aromatic carbocycles. The number of aromatic nitrogens is 1. The van der Waals surface area contributed by atoms with Crippen molar-refractivity contribution >= 4 is 40.9 Å². The lowest BCUT2D eigenvalue weighted by molar-refractivity contribution is -0.105. The predicted octanol–water partition coefficient (Wildman–Crippen LogP) is 3.16. The summed E-state index contributed by atoms with van der Waals surface area (Å²) in [5.41, 5.74) is 9.15.